The van der Waals surface area contributed by atoms with Crippen molar-refractivity contribution in [1.82, 2.24) is 4.90 Å². The SMILES string of the molecule is C=C(C)COc1ccccc1C(=O)N(CCC(N)=O)CCc1ccccc1. The van der Waals surface area contributed by atoms with Crippen molar-refractivity contribution in [1.29, 1.82) is 0 Å². The molecule has 0 radical (unpaired) electrons. The molecule has 0 aliphatic rings. The average Bonchev–Trinajstić information content (AvgIpc) is 2.66. The molecule has 2 aromatic rings. The number of hydrogen-bond donors (Lipinski definition) is 1. The molecule has 27 heavy (non-hydrogen) atoms. The average molecular weight is 366 g/mol. The van der Waals surface area contributed by atoms with Crippen molar-refractivity contribution in [3.8, 4) is 5.75 Å². The molecule has 0 aliphatic heterocycles. The van der Waals surface area contributed by atoms with Gasteiger partial charge in [-0.2, -0.15) is 0 Å². The number of amides is 2. The number of nitrogens with two attached hydrogens (primary N) is 1. The van der Waals surface area contributed by atoms with Crippen molar-refractivity contribution in [2.24, 2.45) is 5.73 Å². The third-order valence-electron chi connectivity index (χ3n) is 4.02. The van der Waals surface area contributed by atoms with Crippen molar-refractivity contribution in [3.05, 3.63) is 77.9 Å². The summed E-state index contributed by atoms with van der Waals surface area (Å²) < 4.78 is 5.72. The molecule has 5 nitrogen and oxygen atoms in total. The Morgan fingerprint density at radius 3 is 2.37 bits per heavy atom. The monoisotopic (exact) mass is 366 g/mol. The smallest absolute Gasteiger partial charge is 0.257 e. The minimum absolute atomic E-state index is 0.120. The Morgan fingerprint density at radius 1 is 1.04 bits per heavy atom. The molecule has 0 fully saturated rings. The fourth-order valence-corrected chi connectivity index (χ4v) is 2.61. The van der Waals surface area contributed by atoms with Gasteiger partial charge in [-0.15, -0.1) is 0 Å². The van der Waals surface area contributed by atoms with E-state index < -0.39 is 5.91 Å². The molecule has 0 spiro atoms. The molecular weight excluding hydrogens is 340 g/mol. The van der Waals surface area contributed by atoms with Crippen LogP contribution in [0, 0.1) is 0 Å². The molecule has 0 heterocycles. The highest BCUT2D eigenvalue weighted by Gasteiger charge is 2.20. The first kappa shape index (κ1) is 20.2. The van der Waals surface area contributed by atoms with E-state index >= 15 is 0 Å². The number of rotatable bonds is 10. The summed E-state index contributed by atoms with van der Waals surface area (Å²) in [5.41, 5.74) is 7.75. The van der Waals surface area contributed by atoms with Crippen LogP contribution in [0.25, 0.3) is 0 Å². The second kappa shape index (κ2) is 10.2. The third-order valence-corrected chi connectivity index (χ3v) is 4.02. The molecule has 0 aliphatic carbocycles. The van der Waals surface area contributed by atoms with Crippen LogP contribution in [0.5, 0.6) is 5.75 Å². The van der Waals surface area contributed by atoms with Crippen LogP contribution >= 0.6 is 0 Å². The van der Waals surface area contributed by atoms with Crippen molar-refractivity contribution in [3.63, 3.8) is 0 Å². The van der Waals surface area contributed by atoms with E-state index in [4.69, 9.17) is 10.5 Å². The highest BCUT2D eigenvalue weighted by molar-refractivity contribution is 5.97. The lowest BCUT2D eigenvalue weighted by Crippen LogP contribution is -2.36. The number of ether oxygens (including phenoxy) is 1. The van der Waals surface area contributed by atoms with E-state index in [9.17, 15) is 9.59 Å². The van der Waals surface area contributed by atoms with Gasteiger partial charge in [-0.1, -0.05) is 49.0 Å². The highest BCUT2D eigenvalue weighted by Crippen LogP contribution is 2.21. The fraction of sp³-hybridized carbons (Fsp3) is 0.273. The fourth-order valence-electron chi connectivity index (χ4n) is 2.61. The molecule has 2 N–H and O–H groups in total. The van der Waals surface area contributed by atoms with Crippen LogP contribution in [0.2, 0.25) is 0 Å². The van der Waals surface area contributed by atoms with Gasteiger partial charge in [-0.05, 0) is 36.6 Å². The van der Waals surface area contributed by atoms with Crippen LogP contribution < -0.4 is 10.5 Å². The van der Waals surface area contributed by atoms with Gasteiger partial charge in [-0.25, -0.2) is 0 Å². The summed E-state index contributed by atoms with van der Waals surface area (Å²) in [7, 11) is 0. The summed E-state index contributed by atoms with van der Waals surface area (Å²) in [5, 5.41) is 0. The molecule has 0 saturated heterocycles. The Morgan fingerprint density at radius 2 is 1.70 bits per heavy atom. The molecule has 2 aromatic carbocycles. The molecule has 142 valence electrons. The normalized spacial score (nSPS) is 10.3. The zero-order valence-corrected chi connectivity index (χ0v) is 15.7. The van der Waals surface area contributed by atoms with Crippen LogP contribution in [0.15, 0.2) is 66.7 Å². The van der Waals surface area contributed by atoms with Crippen molar-refractivity contribution in [2.75, 3.05) is 19.7 Å². The number of benzene rings is 2. The van der Waals surface area contributed by atoms with E-state index in [0.717, 1.165) is 11.1 Å². The minimum Gasteiger partial charge on any atom is -0.488 e. The van der Waals surface area contributed by atoms with Crippen molar-refractivity contribution < 1.29 is 14.3 Å². The molecule has 5 heteroatoms. The van der Waals surface area contributed by atoms with Gasteiger partial charge in [0.25, 0.3) is 5.91 Å². The molecule has 0 bridgehead atoms. The van der Waals surface area contributed by atoms with Gasteiger partial charge < -0.3 is 15.4 Å². The molecule has 2 amide bonds. The van der Waals surface area contributed by atoms with E-state index in [1.807, 2.05) is 43.3 Å². The first-order chi connectivity index (χ1) is 13.0. The maximum atomic E-state index is 13.1. The Balaban J connectivity index is 2.17. The Kier molecular flexibility index (Phi) is 7.62. The summed E-state index contributed by atoms with van der Waals surface area (Å²) in [6.07, 6.45) is 0.815. The van der Waals surface area contributed by atoms with E-state index in [0.29, 0.717) is 30.9 Å². The highest BCUT2D eigenvalue weighted by atomic mass is 16.5. The number of carbonyl (C=O) groups is 2. The number of nitrogens with zero attached hydrogens (tertiary/aromatic N) is 1. The largest absolute Gasteiger partial charge is 0.488 e. The molecule has 0 aromatic heterocycles. The number of hydrogen-bond acceptors (Lipinski definition) is 3. The van der Waals surface area contributed by atoms with E-state index in [-0.39, 0.29) is 18.9 Å². The lowest BCUT2D eigenvalue weighted by atomic mass is 10.1. The van der Waals surface area contributed by atoms with Crippen LogP contribution in [-0.4, -0.2) is 36.4 Å². The van der Waals surface area contributed by atoms with Gasteiger partial charge in [0.2, 0.25) is 5.91 Å². The third kappa shape index (κ3) is 6.62. The summed E-state index contributed by atoms with van der Waals surface area (Å²) >= 11 is 0. The predicted molar refractivity (Wildman–Crippen MR) is 107 cm³/mol. The van der Waals surface area contributed by atoms with Gasteiger partial charge in [0, 0.05) is 19.5 Å². The topological polar surface area (TPSA) is 72.6 Å². The van der Waals surface area contributed by atoms with Crippen LogP contribution in [0.1, 0.15) is 29.3 Å². The molecule has 0 unspecified atom stereocenters. The van der Waals surface area contributed by atoms with Crippen molar-refractivity contribution >= 4 is 11.8 Å². The maximum absolute atomic E-state index is 13.1. The van der Waals surface area contributed by atoms with Gasteiger partial charge >= 0.3 is 0 Å². The van der Waals surface area contributed by atoms with E-state index in [1.165, 1.54) is 0 Å². The van der Waals surface area contributed by atoms with E-state index in [1.54, 1.807) is 23.1 Å². The quantitative estimate of drug-likeness (QED) is 0.656. The second-order valence-electron chi connectivity index (χ2n) is 6.49. The Labute approximate surface area is 160 Å². The molecule has 2 rings (SSSR count). The van der Waals surface area contributed by atoms with E-state index in [2.05, 4.69) is 6.58 Å². The summed E-state index contributed by atoms with van der Waals surface area (Å²) in [5.74, 6) is -0.0990. The minimum atomic E-state index is -0.431. The zero-order chi connectivity index (χ0) is 19.6. The standard InChI is InChI=1S/C22H26N2O3/c1-17(2)16-27-20-11-7-6-10-19(20)22(26)24(15-13-21(23)25)14-12-18-8-4-3-5-9-18/h3-11H,1,12-16H2,2H3,(H2,23,25). The zero-order valence-electron chi connectivity index (χ0n) is 15.7. The van der Waals surface area contributed by atoms with Gasteiger partial charge in [0.05, 0.1) is 5.56 Å². The second-order valence-corrected chi connectivity index (χ2v) is 6.49. The Hall–Kier alpha value is -3.08. The first-order valence-corrected chi connectivity index (χ1v) is 8.95. The van der Waals surface area contributed by atoms with Crippen LogP contribution in [-0.2, 0) is 11.2 Å². The van der Waals surface area contributed by atoms with Gasteiger partial charge in [0.1, 0.15) is 12.4 Å². The summed E-state index contributed by atoms with van der Waals surface area (Å²) in [6.45, 7) is 6.79. The number of para-hydroxylation sites is 1. The first-order valence-electron chi connectivity index (χ1n) is 8.95. The van der Waals surface area contributed by atoms with Crippen molar-refractivity contribution in [2.45, 2.75) is 19.8 Å². The number of primary amides is 1. The summed E-state index contributed by atoms with van der Waals surface area (Å²) in [6, 6.07) is 17.0. The lowest BCUT2D eigenvalue weighted by Gasteiger charge is -2.23. The molecule has 0 saturated carbocycles. The molecule has 0 atom stereocenters. The summed E-state index contributed by atoms with van der Waals surface area (Å²) in [4.78, 5) is 26.0. The van der Waals surface area contributed by atoms with Gasteiger partial charge in [-0.3, -0.25) is 9.59 Å². The molecular formula is C22H26N2O3. The predicted octanol–water partition coefficient (Wildman–Crippen LogP) is 3.20. The Bertz CT molecular complexity index is 787. The van der Waals surface area contributed by atoms with Crippen LogP contribution in [0.4, 0.5) is 0 Å². The lowest BCUT2D eigenvalue weighted by molar-refractivity contribution is -0.118. The number of carbonyl (C=O) groups excluding carboxylic acids is 2. The maximum Gasteiger partial charge on any atom is 0.257 e. The van der Waals surface area contributed by atoms with Gasteiger partial charge in [0.15, 0.2) is 0 Å². The van der Waals surface area contributed by atoms with Crippen LogP contribution in [0.3, 0.4) is 0 Å².